The highest BCUT2D eigenvalue weighted by Crippen LogP contribution is 2.26. The number of aryl methyl sites for hydroxylation is 2. The number of pyridine rings is 2. The van der Waals surface area contributed by atoms with Gasteiger partial charge in [-0.3, -0.25) is 0 Å². The molecule has 5 nitrogen and oxygen atoms in total. The average Bonchev–Trinajstić information content (AvgIpc) is 3.20. The molecule has 3 aromatic heterocycles. The Morgan fingerprint density at radius 1 is 0.939 bits per heavy atom. The van der Waals surface area contributed by atoms with Gasteiger partial charge in [-0.25, -0.2) is 9.97 Å². The topological polar surface area (TPSA) is 46.0 Å². The van der Waals surface area contributed by atoms with Gasteiger partial charge in [0.15, 0.2) is 0 Å². The van der Waals surface area contributed by atoms with Gasteiger partial charge in [0.2, 0.25) is 0 Å². The molecule has 1 fully saturated rings. The highest BCUT2D eigenvalue weighted by molar-refractivity contribution is 5.88. The lowest BCUT2D eigenvalue weighted by atomic mass is 10.1. The maximum Gasteiger partial charge on any atom is 0.128 e. The van der Waals surface area contributed by atoms with Crippen molar-refractivity contribution >= 4 is 22.4 Å². The Labute approximate surface area is 198 Å². The van der Waals surface area contributed by atoms with Gasteiger partial charge in [-0.1, -0.05) is 12.1 Å². The van der Waals surface area contributed by atoms with Crippen molar-refractivity contribution in [2.75, 3.05) is 29.9 Å². The Hall–Kier alpha value is -3.34. The third kappa shape index (κ3) is 4.87. The number of fused-ring (bicyclic) bond motifs is 1. The SMILES string of the molecule is Cc1ccc(-c2ccc3cnc(NCCCc4ccnc(N5CCCCC5)c4)cc3c2)n1C.[HH]. The monoisotopic (exact) mass is 441 g/mol. The predicted octanol–water partition coefficient (Wildman–Crippen LogP) is 6.22. The van der Waals surface area contributed by atoms with E-state index < -0.39 is 0 Å². The number of hydrogen-bond acceptors (Lipinski definition) is 4. The third-order valence-electron chi connectivity index (χ3n) is 6.83. The van der Waals surface area contributed by atoms with Crippen LogP contribution in [-0.2, 0) is 13.5 Å². The molecule has 0 bridgehead atoms. The molecule has 172 valence electrons. The molecule has 4 aromatic rings. The van der Waals surface area contributed by atoms with Crippen molar-refractivity contribution in [3.05, 3.63) is 72.2 Å². The van der Waals surface area contributed by atoms with Crippen LogP contribution >= 0.6 is 0 Å². The second-order valence-electron chi connectivity index (χ2n) is 9.15. The Morgan fingerprint density at radius 2 is 1.82 bits per heavy atom. The van der Waals surface area contributed by atoms with Crippen molar-refractivity contribution < 1.29 is 1.43 Å². The zero-order valence-electron chi connectivity index (χ0n) is 19.7. The molecule has 5 heteroatoms. The highest BCUT2D eigenvalue weighted by atomic mass is 15.2. The number of nitrogens with zero attached hydrogens (tertiary/aromatic N) is 4. The number of nitrogens with one attached hydrogen (secondary N) is 1. The van der Waals surface area contributed by atoms with Crippen LogP contribution in [0.2, 0.25) is 0 Å². The molecule has 1 aromatic carbocycles. The van der Waals surface area contributed by atoms with Gasteiger partial charge in [0.05, 0.1) is 0 Å². The van der Waals surface area contributed by atoms with Crippen LogP contribution in [0.4, 0.5) is 11.6 Å². The highest BCUT2D eigenvalue weighted by Gasteiger charge is 2.12. The van der Waals surface area contributed by atoms with Crippen LogP contribution < -0.4 is 10.2 Å². The second kappa shape index (κ2) is 9.65. The predicted molar refractivity (Wildman–Crippen MR) is 140 cm³/mol. The van der Waals surface area contributed by atoms with E-state index in [-0.39, 0.29) is 1.43 Å². The van der Waals surface area contributed by atoms with Crippen LogP contribution in [0.1, 0.15) is 38.4 Å². The summed E-state index contributed by atoms with van der Waals surface area (Å²) >= 11 is 0. The summed E-state index contributed by atoms with van der Waals surface area (Å²) in [5.41, 5.74) is 5.10. The number of hydrogen-bond donors (Lipinski definition) is 1. The van der Waals surface area contributed by atoms with Crippen molar-refractivity contribution in [1.29, 1.82) is 0 Å². The third-order valence-corrected chi connectivity index (χ3v) is 6.83. The molecule has 1 aliphatic heterocycles. The largest absolute Gasteiger partial charge is 0.370 e. The molecule has 1 N–H and O–H groups in total. The molecular weight excluding hydrogens is 406 g/mol. The molecular formula is C28H35N5. The summed E-state index contributed by atoms with van der Waals surface area (Å²) in [7, 11) is 2.12. The van der Waals surface area contributed by atoms with E-state index in [1.165, 1.54) is 47.2 Å². The molecule has 0 amide bonds. The van der Waals surface area contributed by atoms with Gasteiger partial charge in [0.1, 0.15) is 11.6 Å². The lowest BCUT2D eigenvalue weighted by molar-refractivity contribution is 0.573. The fourth-order valence-corrected chi connectivity index (χ4v) is 4.72. The quantitative estimate of drug-likeness (QED) is 0.346. The minimum Gasteiger partial charge on any atom is -0.370 e. The molecule has 4 heterocycles. The first kappa shape index (κ1) is 21.5. The summed E-state index contributed by atoms with van der Waals surface area (Å²) in [5.74, 6) is 2.08. The van der Waals surface area contributed by atoms with Crippen molar-refractivity contribution in [3.8, 4) is 11.3 Å². The van der Waals surface area contributed by atoms with Gasteiger partial charge in [0, 0.05) is 57.3 Å². The van der Waals surface area contributed by atoms with Crippen molar-refractivity contribution in [2.45, 2.75) is 39.0 Å². The smallest absolute Gasteiger partial charge is 0.128 e. The number of aromatic nitrogens is 3. The molecule has 0 unspecified atom stereocenters. The first-order chi connectivity index (χ1) is 16.2. The molecule has 0 spiro atoms. The van der Waals surface area contributed by atoms with E-state index >= 15 is 0 Å². The van der Waals surface area contributed by atoms with Gasteiger partial charge in [-0.2, -0.15) is 0 Å². The average molecular weight is 442 g/mol. The van der Waals surface area contributed by atoms with E-state index in [1.807, 2.05) is 12.4 Å². The fourth-order valence-electron chi connectivity index (χ4n) is 4.72. The summed E-state index contributed by atoms with van der Waals surface area (Å²) in [4.78, 5) is 11.6. The zero-order valence-corrected chi connectivity index (χ0v) is 19.7. The van der Waals surface area contributed by atoms with Crippen LogP contribution in [0.25, 0.3) is 22.0 Å². The van der Waals surface area contributed by atoms with Crippen molar-refractivity contribution in [2.24, 2.45) is 7.05 Å². The molecule has 0 aliphatic carbocycles. The molecule has 1 saturated heterocycles. The molecule has 33 heavy (non-hydrogen) atoms. The first-order valence-corrected chi connectivity index (χ1v) is 12.1. The van der Waals surface area contributed by atoms with Gasteiger partial charge in [0.25, 0.3) is 0 Å². The van der Waals surface area contributed by atoms with Crippen LogP contribution in [0.15, 0.2) is 60.9 Å². The maximum atomic E-state index is 4.62. The molecule has 0 atom stereocenters. The Bertz CT molecular complexity index is 1240. The number of piperidine rings is 1. The molecule has 0 saturated carbocycles. The Morgan fingerprint density at radius 3 is 2.64 bits per heavy atom. The molecule has 5 rings (SSSR count). The van der Waals surface area contributed by atoms with E-state index in [0.29, 0.717) is 0 Å². The van der Waals surface area contributed by atoms with Gasteiger partial charge in [-0.15, -0.1) is 0 Å². The summed E-state index contributed by atoms with van der Waals surface area (Å²) in [6.45, 7) is 5.31. The van der Waals surface area contributed by atoms with Crippen LogP contribution in [0.5, 0.6) is 0 Å². The van der Waals surface area contributed by atoms with E-state index in [4.69, 9.17) is 0 Å². The second-order valence-corrected chi connectivity index (χ2v) is 9.15. The zero-order chi connectivity index (χ0) is 22.6. The Kier molecular flexibility index (Phi) is 6.29. The summed E-state index contributed by atoms with van der Waals surface area (Å²) in [5, 5.41) is 5.89. The maximum absolute atomic E-state index is 4.62. The molecule has 0 radical (unpaired) electrons. The Balaban J connectivity index is 0.00000274. The number of anilines is 2. The summed E-state index contributed by atoms with van der Waals surface area (Å²) in [6.07, 6.45) is 9.93. The van der Waals surface area contributed by atoms with E-state index in [1.54, 1.807) is 0 Å². The van der Waals surface area contributed by atoms with E-state index in [9.17, 15) is 0 Å². The van der Waals surface area contributed by atoms with Crippen LogP contribution in [0.3, 0.4) is 0 Å². The van der Waals surface area contributed by atoms with E-state index in [0.717, 1.165) is 49.5 Å². The lowest BCUT2D eigenvalue weighted by Gasteiger charge is -2.27. The normalized spacial score (nSPS) is 14.1. The van der Waals surface area contributed by atoms with Crippen LogP contribution in [-0.4, -0.2) is 34.2 Å². The van der Waals surface area contributed by atoms with Gasteiger partial charge >= 0.3 is 0 Å². The minimum absolute atomic E-state index is 0. The fraction of sp³-hybridized carbons (Fsp3) is 0.357. The van der Waals surface area contributed by atoms with Crippen LogP contribution in [0, 0.1) is 6.92 Å². The standard InChI is InChI=1S/C28H33N5.H2/c1-21-8-11-26(32(21)2)23-9-10-24-20-31-27(19-25(24)18-23)29-13-6-7-22-12-14-30-28(17-22)33-15-4-3-5-16-33;/h8-12,14,17-20H,3-7,13,15-16H2,1-2H3,(H,29,31);1H. The minimum atomic E-state index is 0. The lowest BCUT2D eigenvalue weighted by Crippen LogP contribution is -2.30. The number of benzene rings is 1. The number of rotatable bonds is 7. The summed E-state index contributed by atoms with van der Waals surface area (Å²) < 4.78 is 2.23. The van der Waals surface area contributed by atoms with E-state index in [2.05, 4.69) is 87.3 Å². The van der Waals surface area contributed by atoms with Gasteiger partial charge < -0.3 is 14.8 Å². The molecule has 1 aliphatic rings. The summed E-state index contributed by atoms with van der Waals surface area (Å²) in [6, 6.07) is 17.5. The van der Waals surface area contributed by atoms with Crippen molar-refractivity contribution in [1.82, 2.24) is 14.5 Å². The first-order valence-electron chi connectivity index (χ1n) is 12.1. The van der Waals surface area contributed by atoms with Gasteiger partial charge in [-0.05, 0) is 91.9 Å². The van der Waals surface area contributed by atoms with Crippen molar-refractivity contribution in [3.63, 3.8) is 0 Å².